The lowest BCUT2D eigenvalue weighted by Crippen LogP contribution is -2.22. The molecule has 0 aliphatic heterocycles. The molecule has 0 saturated carbocycles. The molecule has 0 amide bonds. The maximum absolute atomic E-state index is 13.8. The molecule has 1 aromatic heterocycles. The molecule has 0 aliphatic carbocycles. The first-order chi connectivity index (χ1) is 9.51. The number of benzene rings is 1. The number of hydrogen-bond donors (Lipinski definition) is 2. The van der Waals surface area contributed by atoms with Gasteiger partial charge in [0.15, 0.2) is 0 Å². The van der Waals surface area contributed by atoms with Gasteiger partial charge in [-0.3, -0.25) is 0 Å². The molecule has 1 aromatic carbocycles. The Morgan fingerprint density at radius 2 is 1.85 bits per heavy atom. The Morgan fingerprint density at radius 3 is 2.40 bits per heavy atom. The molecule has 1 heterocycles. The van der Waals surface area contributed by atoms with Gasteiger partial charge in [0.2, 0.25) is 0 Å². The van der Waals surface area contributed by atoms with E-state index >= 15 is 0 Å². The standard InChI is InChI=1S/C14H14F3N3/c1-19-12(4-8-2-3-20-13(18)5-8)14-10(16)6-9(15)7-11(14)17/h2-3,5-7,12,19H,4H2,1H3,(H2,18,20). The van der Waals surface area contributed by atoms with Crippen LogP contribution in [0, 0.1) is 17.5 Å². The zero-order valence-electron chi connectivity index (χ0n) is 10.8. The monoisotopic (exact) mass is 281 g/mol. The highest BCUT2D eigenvalue weighted by Crippen LogP contribution is 2.25. The third-order valence-corrected chi connectivity index (χ3v) is 3.03. The van der Waals surface area contributed by atoms with Crippen LogP contribution in [0.5, 0.6) is 0 Å². The summed E-state index contributed by atoms with van der Waals surface area (Å²) in [6, 6.07) is 4.05. The summed E-state index contributed by atoms with van der Waals surface area (Å²) in [4.78, 5) is 3.85. The fourth-order valence-corrected chi connectivity index (χ4v) is 2.09. The number of nitrogens with one attached hydrogen (secondary N) is 1. The first-order valence-corrected chi connectivity index (χ1v) is 6.03. The molecule has 0 bridgehead atoms. The molecule has 3 nitrogen and oxygen atoms in total. The van der Waals surface area contributed by atoms with Gasteiger partial charge < -0.3 is 11.1 Å². The second-order valence-corrected chi connectivity index (χ2v) is 4.42. The van der Waals surface area contributed by atoms with Crippen molar-refractivity contribution in [2.24, 2.45) is 0 Å². The minimum absolute atomic E-state index is 0.190. The van der Waals surface area contributed by atoms with Crippen molar-refractivity contribution in [3.63, 3.8) is 0 Å². The zero-order chi connectivity index (χ0) is 14.7. The van der Waals surface area contributed by atoms with Crippen LogP contribution in [0.1, 0.15) is 17.2 Å². The number of pyridine rings is 1. The van der Waals surface area contributed by atoms with Crippen LogP contribution in [0.3, 0.4) is 0 Å². The van der Waals surface area contributed by atoms with E-state index in [1.54, 1.807) is 19.2 Å². The van der Waals surface area contributed by atoms with Gasteiger partial charge in [-0.05, 0) is 31.2 Å². The van der Waals surface area contributed by atoms with Gasteiger partial charge in [-0.15, -0.1) is 0 Å². The molecule has 2 rings (SSSR count). The number of nitrogen functional groups attached to an aromatic ring is 1. The number of hydrogen-bond acceptors (Lipinski definition) is 3. The Labute approximate surface area is 114 Å². The summed E-state index contributed by atoms with van der Waals surface area (Å²) in [5.41, 5.74) is 6.15. The van der Waals surface area contributed by atoms with Crippen molar-refractivity contribution in [1.82, 2.24) is 10.3 Å². The second kappa shape index (κ2) is 5.92. The van der Waals surface area contributed by atoms with Crippen molar-refractivity contribution in [1.29, 1.82) is 0 Å². The maximum atomic E-state index is 13.8. The lowest BCUT2D eigenvalue weighted by atomic mass is 9.98. The molecule has 0 saturated heterocycles. The molecule has 3 N–H and O–H groups in total. The normalized spacial score (nSPS) is 12.4. The maximum Gasteiger partial charge on any atom is 0.133 e. The van der Waals surface area contributed by atoms with E-state index in [1.165, 1.54) is 6.20 Å². The minimum Gasteiger partial charge on any atom is -0.384 e. The average molecular weight is 281 g/mol. The quantitative estimate of drug-likeness (QED) is 0.905. The highest BCUT2D eigenvalue weighted by atomic mass is 19.1. The lowest BCUT2D eigenvalue weighted by molar-refractivity contribution is 0.475. The van der Waals surface area contributed by atoms with Gasteiger partial charge in [-0.2, -0.15) is 0 Å². The van der Waals surface area contributed by atoms with Crippen LogP contribution in [0.15, 0.2) is 30.5 Å². The van der Waals surface area contributed by atoms with E-state index in [0.717, 1.165) is 5.56 Å². The predicted octanol–water partition coefficient (Wildman–Crippen LogP) is 2.58. The van der Waals surface area contributed by atoms with Gasteiger partial charge in [-0.25, -0.2) is 18.2 Å². The molecule has 0 spiro atoms. The number of aromatic nitrogens is 1. The van der Waals surface area contributed by atoms with Gasteiger partial charge in [0.25, 0.3) is 0 Å². The molecule has 6 heteroatoms. The van der Waals surface area contributed by atoms with Crippen LogP contribution in [0.25, 0.3) is 0 Å². The minimum atomic E-state index is -0.938. The molecule has 0 radical (unpaired) electrons. The lowest BCUT2D eigenvalue weighted by Gasteiger charge is -2.18. The van der Waals surface area contributed by atoms with E-state index < -0.39 is 23.5 Å². The van der Waals surface area contributed by atoms with Gasteiger partial charge in [0.1, 0.15) is 23.3 Å². The number of likely N-dealkylation sites (N-methyl/N-ethyl adjacent to an activating group) is 1. The third-order valence-electron chi connectivity index (χ3n) is 3.03. The van der Waals surface area contributed by atoms with E-state index in [1.807, 2.05) is 0 Å². The van der Waals surface area contributed by atoms with E-state index in [-0.39, 0.29) is 5.56 Å². The summed E-state index contributed by atoms with van der Waals surface area (Å²) in [6.07, 6.45) is 1.83. The van der Waals surface area contributed by atoms with Crippen molar-refractivity contribution in [2.45, 2.75) is 12.5 Å². The summed E-state index contributed by atoms with van der Waals surface area (Å²) in [5, 5.41) is 2.82. The fourth-order valence-electron chi connectivity index (χ4n) is 2.09. The van der Waals surface area contributed by atoms with Crippen LogP contribution in [0.2, 0.25) is 0 Å². The van der Waals surface area contributed by atoms with Gasteiger partial charge >= 0.3 is 0 Å². The highest BCUT2D eigenvalue weighted by molar-refractivity contribution is 5.34. The number of nitrogens with zero attached hydrogens (tertiary/aromatic N) is 1. The molecule has 20 heavy (non-hydrogen) atoms. The molecule has 0 aliphatic rings. The fraction of sp³-hybridized carbons (Fsp3) is 0.214. The molecule has 0 fully saturated rings. The molecule has 1 unspecified atom stereocenters. The first-order valence-electron chi connectivity index (χ1n) is 6.03. The van der Waals surface area contributed by atoms with E-state index in [2.05, 4.69) is 10.3 Å². The first kappa shape index (κ1) is 14.3. The van der Waals surface area contributed by atoms with Crippen LogP contribution in [-0.4, -0.2) is 12.0 Å². The largest absolute Gasteiger partial charge is 0.384 e. The summed E-state index contributed by atoms with van der Waals surface area (Å²) in [7, 11) is 1.58. The topological polar surface area (TPSA) is 50.9 Å². The number of halogens is 3. The number of nitrogens with two attached hydrogens (primary N) is 1. The molecule has 1 atom stereocenters. The van der Waals surface area contributed by atoms with Crippen LogP contribution in [-0.2, 0) is 6.42 Å². The van der Waals surface area contributed by atoms with Gasteiger partial charge in [0.05, 0.1) is 0 Å². The van der Waals surface area contributed by atoms with Crippen LogP contribution >= 0.6 is 0 Å². The van der Waals surface area contributed by atoms with Crippen LogP contribution in [0.4, 0.5) is 19.0 Å². The van der Waals surface area contributed by atoms with E-state index in [0.29, 0.717) is 24.4 Å². The summed E-state index contributed by atoms with van der Waals surface area (Å²) >= 11 is 0. The van der Waals surface area contributed by atoms with Gasteiger partial charge in [-0.1, -0.05) is 0 Å². The Kier molecular flexibility index (Phi) is 4.24. The third kappa shape index (κ3) is 3.08. The molecule has 2 aromatic rings. The Balaban J connectivity index is 2.34. The van der Waals surface area contributed by atoms with Crippen molar-refractivity contribution in [2.75, 3.05) is 12.8 Å². The van der Waals surface area contributed by atoms with Crippen LogP contribution < -0.4 is 11.1 Å². The molecular weight excluding hydrogens is 267 g/mol. The van der Waals surface area contributed by atoms with Crippen molar-refractivity contribution in [3.8, 4) is 0 Å². The average Bonchev–Trinajstić information content (AvgIpc) is 2.36. The Morgan fingerprint density at radius 1 is 1.20 bits per heavy atom. The second-order valence-electron chi connectivity index (χ2n) is 4.42. The van der Waals surface area contributed by atoms with Crippen molar-refractivity contribution >= 4 is 5.82 Å². The zero-order valence-corrected chi connectivity index (χ0v) is 10.8. The predicted molar refractivity (Wildman–Crippen MR) is 70.5 cm³/mol. The van der Waals surface area contributed by atoms with E-state index in [4.69, 9.17) is 5.73 Å². The van der Waals surface area contributed by atoms with Crippen molar-refractivity contribution < 1.29 is 13.2 Å². The smallest absolute Gasteiger partial charge is 0.133 e. The molecular formula is C14H14F3N3. The Hall–Kier alpha value is -2.08. The summed E-state index contributed by atoms with van der Waals surface area (Å²) < 4.78 is 40.5. The summed E-state index contributed by atoms with van der Waals surface area (Å²) in [6.45, 7) is 0. The van der Waals surface area contributed by atoms with E-state index in [9.17, 15) is 13.2 Å². The SMILES string of the molecule is CNC(Cc1ccnc(N)c1)c1c(F)cc(F)cc1F. The van der Waals surface area contributed by atoms with Crippen molar-refractivity contribution in [3.05, 3.63) is 59.0 Å². The number of rotatable bonds is 4. The summed E-state index contributed by atoms with van der Waals surface area (Å²) in [5.74, 6) is -2.43. The van der Waals surface area contributed by atoms with Gasteiger partial charge in [0, 0.05) is 29.9 Å². The number of anilines is 1. The Bertz CT molecular complexity index is 593. The molecule has 106 valence electrons. The highest BCUT2D eigenvalue weighted by Gasteiger charge is 2.20.